The topological polar surface area (TPSA) is 36.4 Å². The Morgan fingerprint density at radius 1 is 1.23 bits per heavy atom. The van der Waals surface area contributed by atoms with E-state index in [1.165, 1.54) is 29.7 Å². The first-order valence-corrected chi connectivity index (χ1v) is 9.15. The first kappa shape index (κ1) is 21.6. The van der Waals surface area contributed by atoms with Crippen molar-refractivity contribution < 1.29 is 0 Å². The van der Waals surface area contributed by atoms with Crippen LogP contribution in [0.15, 0.2) is 29.3 Å². The Hall–Kier alpha value is -0.430. The summed E-state index contributed by atoms with van der Waals surface area (Å²) >= 11 is 1.90. The van der Waals surface area contributed by atoms with Gasteiger partial charge in [-0.05, 0) is 49.3 Å². The third-order valence-electron chi connectivity index (χ3n) is 3.53. The fourth-order valence-corrected chi connectivity index (χ4v) is 2.60. The normalized spacial score (nSPS) is 12.5. The monoisotopic (exact) mass is 435 g/mol. The number of halogens is 1. The van der Waals surface area contributed by atoms with Gasteiger partial charge in [0.1, 0.15) is 0 Å². The number of rotatable bonds is 8. The van der Waals surface area contributed by atoms with Gasteiger partial charge in [-0.2, -0.15) is 11.8 Å². The fraction of sp³-hybridized carbons (Fsp3) is 0.588. The van der Waals surface area contributed by atoms with Crippen LogP contribution in [0.5, 0.6) is 0 Å². The highest BCUT2D eigenvalue weighted by molar-refractivity contribution is 14.0. The van der Waals surface area contributed by atoms with Gasteiger partial charge in [-0.25, -0.2) is 0 Å². The summed E-state index contributed by atoms with van der Waals surface area (Å²) in [5, 5.41) is 6.83. The van der Waals surface area contributed by atoms with Crippen LogP contribution in [0.3, 0.4) is 0 Å². The molecular formula is C17H30IN3S. The molecule has 0 bridgehead atoms. The maximum atomic E-state index is 4.29. The molecule has 22 heavy (non-hydrogen) atoms. The minimum atomic E-state index is 0. The molecule has 0 saturated carbocycles. The van der Waals surface area contributed by atoms with Gasteiger partial charge in [0.15, 0.2) is 5.96 Å². The standard InChI is InChI=1S/C17H29N3S.HI/c1-5-15-8-10-16(11-9-15)14(2)20-17(18-3)19-12-6-7-13-21-4;/h8-11,14H,5-7,12-13H2,1-4H3,(H2,18,19,20);1H. The molecule has 0 aliphatic rings. The summed E-state index contributed by atoms with van der Waals surface area (Å²) in [5.41, 5.74) is 2.67. The van der Waals surface area contributed by atoms with Crippen LogP contribution in [0.1, 0.15) is 43.9 Å². The molecule has 0 aliphatic heterocycles. The lowest BCUT2D eigenvalue weighted by molar-refractivity contribution is 0.671. The summed E-state index contributed by atoms with van der Waals surface area (Å²) in [6.07, 6.45) is 5.67. The Morgan fingerprint density at radius 3 is 2.45 bits per heavy atom. The molecule has 2 N–H and O–H groups in total. The lowest BCUT2D eigenvalue weighted by Gasteiger charge is -2.18. The quantitative estimate of drug-likeness (QED) is 0.278. The van der Waals surface area contributed by atoms with Crippen molar-refractivity contribution in [3.8, 4) is 0 Å². The first-order valence-electron chi connectivity index (χ1n) is 7.76. The molecular weight excluding hydrogens is 405 g/mol. The molecule has 0 aromatic heterocycles. The van der Waals surface area contributed by atoms with Gasteiger partial charge in [0, 0.05) is 13.6 Å². The molecule has 3 nitrogen and oxygen atoms in total. The van der Waals surface area contributed by atoms with Gasteiger partial charge in [-0.3, -0.25) is 4.99 Å². The first-order chi connectivity index (χ1) is 10.2. The van der Waals surface area contributed by atoms with Gasteiger partial charge < -0.3 is 10.6 Å². The van der Waals surface area contributed by atoms with Crippen LogP contribution >= 0.6 is 35.7 Å². The van der Waals surface area contributed by atoms with Crippen LogP contribution in [0.25, 0.3) is 0 Å². The van der Waals surface area contributed by atoms with Crippen LogP contribution in [0, 0.1) is 0 Å². The summed E-state index contributed by atoms with van der Waals surface area (Å²) in [6, 6.07) is 9.05. The summed E-state index contributed by atoms with van der Waals surface area (Å²) in [6.45, 7) is 5.32. The average molecular weight is 435 g/mol. The number of unbranched alkanes of at least 4 members (excludes halogenated alkanes) is 1. The van der Waals surface area contributed by atoms with Gasteiger partial charge >= 0.3 is 0 Å². The zero-order chi connectivity index (χ0) is 15.5. The van der Waals surface area contributed by atoms with Crippen LogP contribution in [-0.2, 0) is 6.42 Å². The van der Waals surface area contributed by atoms with Crippen molar-refractivity contribution in [2.24, 2.45) is 4.99 Å². The van der Waals surface area contributed by atoms with E-state index in [2.05, 4.69) is 60.0 Å². The van der Waals surface area contributed by atoms with E-state index in [-0.39, 0.29) is 30.0 Å². The van der Waals surface area contributed by atoms with E-state index in [0.717, 1.165) is 18.9 Å². The van der Waals surface area contributed by atoms with Crippen molar-refractivity contribution in [3.63, 3.8) is 0 Å². The SMILES string of the molecule is CCc1ccc(C(C)NC(=NC)NCCCCSC)cc1.I. The second-order valence-corrected chi connectivity index (χ2v) is 6.15. The summed E-state index contributed by atoms with van der Waals surface area (Å²) < 4.78 is 0. The highest BCUT2D eigenvalue weighted by atomic mass is 127. The minimum absolute atomic E-state index is 0. The van der Waals surface area contributed by atoms with Crippen molar-refractivity contribution in [2.75, 3.05) is 25.6 Å². The van der Waals surface area contributed by atoms with E-state index in [0.29, 0.717) is 0 Å². The van der Waals surface area contributed by atoms with E-state index < -0.39 is 0 Å². The molecule has 5 heteroatoms. The highest BCUT2D eigenvalue weighted by Crippen LogP contribution is 2.13. The van der Waals surface area contributed by atoms with E-state index >= 15 is 0 Å². The van der Waals surface area contributed by atoms with E-state index in [1.807, 2.05) is 18.8 Å². The summed E-state index contributed by atoms with van der Waals surface area (Å²) in [7, 11) is 1.82. The molecule has 126 valence electrons. The zero-order valence-electron chi connectivity index (χ0n) is 14.2. The Labute approximate surface area is 157 Å². The second kappa shape index (κ2) is 13.0. The molecule has 0 spiro atoms. The Bertz CT molecular complexity index is 420. The Balaban J connectivity index is 0.00000441. The van der Waals surface area contributed by atoms with E-state index in [9.17, 15) is 0 Å². The van der Waals surface area contributed by atoms with Gasteiger partial charge in [0.25, 0.3) is 0 Å². The van der Waals surface area contributed by atoms with Gasteiger partial charge in [-0.1, -0.05) is 31.2 Å². The van der Waals surface area contributed by atoms with Crippen molar-refractivity contribution in [2.45, 2.75) is 39.2 Å². The van der Waals surface area contributed by atoms with Gasteiger partial charge in [0.2, 0.25) is 0 Å². The third kappa shape index (κ3) is 8.27. The molecule has 0 saturated heterocycles. The maximum absolute atomic E-state index is 4.29. The number of aliphatic imine (C=N–C) groups is 1. The summed E-state index contributed by atoms with van der Waals surface area (Å²) in [4.78, 5) is 4.29. The van der Waals surface area contributed by atoms with Crippen LogP contribution in [0.4, 0.5) is 0 Å². The number of guanidine groups is 1. The number of hydrogen-bond acceptors (Lipinski definition) is 2. The third-order valence-corrected chi connectivity index (χ3v) is 4.23. The molecule has 1 aromatic carbocycles. The predicted octanol–water partition coefficient (Wildman–Crippen LogP) is 4.24. The van der Waals surface area contributed by atoms with Crippen molar-refractivity contribution >= 4 is 41.7 Å². The van der Waals surface area contributed by atoms with Crippen molar-refractivity contribution in [1.82, 2.24) is 10.6 Å². The Kier molecular flexibility index (Phi) is 12.8. The largest absolute Gasteiger partial charge is 0.356 e. The number of hydrogen-bond donors (Lipinski definition) is 2. The second-order valence-electron chi connectivity index (χ2n) is 5.16. The number of nitrogens with zero attached hydrogens (tertiary/aromatic N) is 1. The number of thioether (sulfide) groups is 1. The number of aryl methyl sites for hydroxylation is 1. The molecule has 0 aliphatic carbocycles. The van der Waals surface area contributed by atoms with Crippen LogP contribution < -0.4 is 10.6 Å². The Morgan fingerprint density at radius 2 is 1.91 bits per heavy atom. The van der Waals surface area contributed by atoms with E-state index in [4.69, 9.17) is 0 Å². The van der Waals surface area contributed by atoms with Crippen LogP contribution in [-0.4, -0.2) is 31.6 Å². The number of benzene rings is 1. The smallest absolute Gasteiger partial charge is 0.191 e. The van der Waals surface area contributed by atoms with Crippen molar-refractivity contribution in [1.29, 1.82) is 0 Å². The van der Waals surface area contributed by atoms with Crippen LogP contribution in [0.2, 0.25) is 0 Å². The van der Waals surface area contributed by atoms with Gasteiger partial charge in [0.05, 0.1) is 6.04 Å². The molecule has 1 rings (SSSR count). The lowest BCUT2D eigenvalue weighted by atomic mass is 10.1. The molecule has 1 unspecified atom stereocenters. The minimum Gasteiger partial charge on any atom is -0.356 e. The molecule has 0 amide bonds. The zero-order valence-corrected chi connectivity index (χ0v) is 17.3. The fourth-order valence-electron chi connectivity index (χ4n) is 2.10. The maximum Gasteiger partial charge on any atom is 0.191 e. The molecule has 0 heterocycles. The predicted molar refractivity (Wildman–Crippen MR) is 112 cm³/mol. The molecule has 1 aromatic rings. The van der Waals surface area contributed by atoms with Gasteiger partial charge in [-0.15, -0.1) is 24.0 Å². The molecule has 0 radical (unpaired) electrons. The number of nitrogens with one attached hydrogen (secondary N) is 2. The summed E-state index contributed by atoms with van der Waals surface area (Å²) in [5.74, 6) is 2.11. The molecule has 1 atom stereocenters. The highest BCUT2D eigenvalue weighted by Gasteiger charge is 2.07. The van der Waals surface area contributed by atoms with Crippen molar-refractivity contribution in [3.05, 3.63) is 35.4 Å². The lowest BCUT2D eigenvalue weighted by Crippen LogP contribution is -2.39. The average Bonchev–Trinajstić information content (AvgIpc) is 2.53. The molecule has 0 fully saturated rings. The van der Waals surface area contributed by atoms with E-state index in [1.54, 1.807) is 0 Å².